The summed E-state index contributed by atoms with van der Waals surface area (Å²) in [6.07, 6.45) is 37.1. The molecule has 10 N–H and O–H groups in total. The van der Waals surface area contributed by atoms with Crippen LogP contribution in [0.3, 0.4) is 0 Å². The lowest BCUT2D eigenvalue weighted by Gasteiger charge is -2.41. The van der Waals surface area contributed by atoms with Gasteiger partial charge in [-0.15, -0.1) is 0 Å². The molecule has 3 rings (SSSR count). The fraction of sp³-hybridized carbons (Fsp3) is 0.980. The monoisotopic (exact) mass is 1700 g/mol. The topological polar surface area (TPSA) is 293 Å². The van der Waals surface area contributed by atoms with Crippen LogP contribution in [0.1, 0.15) is 380 Å². The van der Waals surface area contributed by atoms with Crippen LogP contribution in [0.25, 0.3) is 0 Å². The van der Waals surface area contributed by atoms with E-state index < -0.39 is 94.0 Å². The van der Waals surface area contributed by atoms with Gasteiger partial charge < -0.3 is 79.3 Å². The van der Waals surface area contributed by atoms with E-state index in [2.05, 4.69) is 123 Å². The second-order valence-electron chi connectivity index (χ2n) is 40.7. The zero-order chi connectivity index (χ0) is 87.4. The molecule has 1 saturated carbocycles. The third-order valence-corrected chi connectivity index (χ3v) is 28.7. The molecule has 2 fully saturated rings. The van der Waals surface area contributed by atoms with Crippen LogP contribution in [0.15, 0.2) is 12.2 Å². The first kappa shape index (κ1) is 111. The molecule has 118 heavy (non-hydrogen) atoms. The number of hydrogen-bond donors (Lipinski definition) is 10. The van der Waals surface area contributed by atoms with Crippen LogP contribution in [0.4, 0.5) is 0 Å². The normalized spacial score (nSPS) is 40.0. The molecule has 30 atom stereocenters. The van der Waals surface area contributed by atoms with Crippen molar-refractivity contribution in [3.05, 3.63) is 12.2 Å². The highest BCUT2D eigenvalue weighted by Crippen LogP contribution is 2.47. The predicted octanol–water partition coefficient (Wildman–Crippen LogP) is 21.1. The summed E-state index contributed by atoms with van der Waals surface area (Å²) in [7, 11) is -4.98. The van der Waals surface area contributed by atoms with E-state index in [0.717, 1.165) is 117 Å². The fourth-order valence-corrected chi connectivity index (χ4v) is 19.1. The van der Waals surface area contributed by atoms with E-state index in [1.165, 1.54) is 205 Å². The zero-order valence-electron chi connectivity index (χ0n) is 78.6. The van der Waals surface area contributed by atoms with E-state index in [0.29, 0.717) is 74.5 Å². The third kappa shape index (κ3) is 52.5. The highest BCUT2D eigenvalue weighted by atomic mass is 31.2. The fourth-order valence-electron chi connectivity index (χ4n) is 18.1. The smallest absolute Gasteiger partial charge is 0.394 e. The first-order chi connectivity index (χ1) is 56.2. The second kappa shape index (κ2) is 65.7. The molecular formula is C98H191O19P. The van der Waals surface area contributed by atoms with Crippen molar-refractivity contribution in [2.45, 2.75) is 460 Å². The van der Waals surface area contributed by atoms with Crippen LogP contribution < -0.4 is 0 Å². The minimum absolute atomic E-state index is 0.0825. The minimum Gasteiger partial charge on any atom is -0.394 e. The molecule has 1 aliphatic carbocycles. The molecule has 0 radical (unpaired) electrons. The lowest BCUT2D eigenvalue weighted by atomic mass is 9.85. The minimum atomic E-state index is -4.98. The first-order valence-electron chi connectivity index (χ1n) is 49.2. The number of rotatable bonds is 9. The van der Waals surface area contributed by atoms with Crippen LogP contribution in [0, 0.1) is 94.7 Å². The molecule has 0 amide bonds. The Morgan fingerprint density at radius 3 is 0.924 bits per heavy atom. The molecule has 2 heterocycles. The van der Waals surface area contributed by atoms with Gasteiger partial charge in [-0.1, -0.05) is 354 Å². The quantitative estimate of drug-likeness (QED) is 0.0758. The number of hydrogen-bond acceptors (Lipinski definition) is 18. The van der Waals surface area contributed by atoms with Crippen molar-refractivity contribution in [3.63, 3.8) is 0 Å². The lowest BCUT2D eigenvalue weighted by Crippen LogP contribution is -2.64. The predicted molar refractivity (Wildman–Crippen MR) is 481 cm³/mol. The molecule has 20 heteroatoms. The average molecular weight is 1700 g/mol. The molecule has 0 spiro atoms. The number of aliphatic hydroxyl groups is 9. The summed E-state index contributed by atoms with van der Waals surface area (Å²) in [4.78, 5) is 10.8. The maximum absolute atomic E-state index is 13.2. The van der Waals surface area contributed by atoms with E-state index in [-0.39, 0.29) is 19.8 Å². The SMILES string of the molecule is C[C@@H]1CCC[C@H](C)CCC[C@H](C)CC[C@@H](C)CCC[C@@H](C)CCC[C@@H](C)CCC[C@@H](C)CCOC[C@@H](COP(=O)(O)OC2[C@H](O)[C@H](O)C(O)[C@H](O)[C@H]2O)OCC[C@H](C)CCC[C@H](C)C/C=C/[C@H](C)CCC[C@H](C)CC[C@@H](C)CCC[C@@H](C)CCC[C@@H](C)CCC[C@@H](C)CCO[C@@H](CO[C@@H]2O[C@H](CO)[C@@H](O)[C@H](O)[C@H]2O)COCC[C@H](C)CCC1. The van der Waals surface area contributed by atoms with Crippen molar-refractivity contribution in [2.24, 2.45) is 94.7 Å². The standard InChI is InChI=1S/C98H191O19P/c1-70-29-17-33-74(5)41-25-49-82(13)57-61-110-66-86(68-114-98-96(107)90(101)89(100)88(65-99)116-98)112-63-59-84(15)51-27-43-76(7)35-19-31-72(3)39-23-47-80(11)55-56-81(12)48-24-40-73(4)32-20-36-77(8)44-28-52-85(16)60-64-113-87(69-115-118(108,109)117-97-94(105)92(103)91(102)93(104)95(97)106)67-111-62-58-83(14)50-26-42-75(6)34-18-30-71(2)38-22-46-79(10)54-53-78(9)45-21-37-70/h20,32,70-107H,17-19,21-31,33-69H2,1-16H3,(H,108,109)/b32-20+/t70-,71-,72-,73-,74+,75+,76+,77+,78-,79-,80-,81-,82+,83+,84+,85+,86+,87-,88+,89+,90-,91?,92-,93+,94+,95+,96+,97?,98+/m0/s1. The summed E-state index contributed by atoms with van der Waals surface area (Å²) < 4.78 is 60.5. The molecule has 2 aliphatic heterocycles. The van der Waals surface area contributed by atoms with Crippen molar-refractivity contribution >= 4 is 7.82 Å². The molecule has 0 aromatic heterocycles. The van der Waals surface area contributed by atoms with Gasteiger partial charge in [0.25, 0.3) is 0 Å². The van der Waals surface area contributed by atoms with E-state index in [9.17, 15) is 55.4 Å². The molecular weight excluding hydrogens is 1510 g/mol. The van der Waals surface area contributed by atoms with Gasteiger partial charge >= 0.3 is 7.82 Å². The molecule has 19 nitrogen and oxygen atoms in total. The van der Waals surface area contributed by atoms with Gasteiger partial charge in [-0.3, -0.25) is 9.05 Å². The summed E-state index contributed by atoms with van der Waals surface area (Å²) in [6, 6.07) is 0. The Labute approximate surface area is 723 Å². The molecule has 3 aliphatic rings. The Balaban J connectivity index is 1.51. The van der Waals surface area contributed by atoms with Crippen LogP contribution in [-0.4, -0.2) is 190 Å². The molecule has 1 saturated heterocycles. The van der Waals surface area contributed by atoms with Crippen LogP contribution in [-0.2, 0) is 42.0 Å². The Morgan fingerprint density at radius 2 is 0.593 bits per heavy atom. The van der Waals surface area contributed by atoms with Gasteiger partial charge in [-0.05, 0) is 133 Å². The van der Waals surface area contributed by atoms with Gasteiger partial charge in [0.05, 0.1) is 33.0 Å². The van der Waals surface area contributed by atoms with E-state index in [4.69, 9.17) is 37.5 Å². The van der Waals surface area contributed by atoms with Crippen molar-refractivity contribution in [2.75, 3.05) is 59.5 Å². The molecule has 0 aromatic rings. The van der Waals surface area contributed by atoms with E-state index in [1.807, 2.05) is 0 Å². The molecule has 0 aromatic carbocycles. The van der Waals surface area contributed by atoms with Gasteiger partial charge in [0.2, 0.25) is 0 Å². The lowest BCUT2D eigenvalue weighted by molar-refractivity contribution is -0.306. The van der Waals surface area contributed by atoms with Gasteiger partial charge in [-0.25, -0.2) is 4.57 Å². The van der Waals surface area contributed by atoms with Gasteiger partial charge in [0.1, 0.15) is 73.2 Å². The summed E-state index contributed by atoms with van der Waals surface area (Å²) in [5, 5.41) is 92.8. The molecule has 0 bridgehead atoms. The third-order valence-electron chi connectivity index (χ3n) is 27.7. The number of ether oxygens (including phenoxy) is 6. The van der Waals surface area contributed by atoms with Crippen molar-refractivity contribution in [3.8, 4) is 0 Å². The van der Waals surface area contributed by atoms with E-state index in [1.54, 1.807) is 0 Å². The number of phosphoric ester groups is 1. The summed E-state index contributed by atoms with van der Waals surface area (Å²) in [5.41, 5.74) is 0. The maximum atomic E-state index is 13.2. The van der Waals surface area contributed by atoms with E-state index >= 15 is 0 Å². The second-order valence-corrected chi connectivity index (χ2v) is 42.1. The zero-order valence-corrected chi connectivity index (χ0v) is 79.4. The largest absolute Gasteiger partial charge is 0.472 e. The number of allylic oxidation sites excluding steroid dienone is 2. The highest BCUT2D eigenvalue weighted by Gasteiger charge is 2.52. The average Bonchev–Trinajstić information content (AvgIpc) is 0.785. The number of aliphatic hydroxyl groups excluding tert-OH is 9. The highest BCUT2D eigenvalue weighted by molar-refractivity contribution is 7.47. The van der Waals surface area contributed by atoms with Crippen molar-refractivity contribution < 1.29 is 92.9 Å². The molecule has 702 valence electrons. The van der Waals surface area contributed by atoms with Crippen LogP contribution in [0.2, 0.25) is 0 Å². The Bertz CT molecular complexity index is 2420. The van der Waals surface area contributed by atoms with Crippen LogP contribution >= 0.6 is 7.82 Å². The summed E-state index contributed by atoms with van der Waals surface area (Å²) >= 11 is 0. The Kier molecular flexibility index (Phi) is 62.1. The van der Waals surface area contributed by atoms with Crippen LogP contribution in [0.5, 0.6) is 0 Å². The Hall–Kier alpha value is -0.750. The number of phosphoric acid groups is 1. The van der Waals surface area contributed by atoms with Gasteiger partial charge in [-0.2, -0.15) is 0 Å². The van der Waals surface area contributed by atoms with Crippen molar-refractivity contribution in [1.82, 2.24) is 0 Å². The Morgan fingerprint density at radius 1 is 0.322 bits per heavy atom. The summed E-state index contributed by atoms with van der Waals surface area (Å²) in [5.74, 6) is 10.7. The first-order valence-corrected chi connectivity index (χ1v) is 50.7. The van der Waals surface area contributed by atoms with Crippen molar-refractivity contribution in [1.29, 1.82) is 0 Å². The molecule has 3 unspecified atom stereocenters. The van der Waals surface area contributed by atoms with Gasteiger partial charge in [0, 0.05) is 26.4 Å². The maximum Gasteiger partial charge on any atom is 0.472 e. The van der Waals surface area contributed by atoms with Gasteiger partial charge in [0.15, 0.2) is 6.29 Å². The summed E-state index contributed by atoms with van der Waals surface area (Å²) in [6.45, 7) is 40.1.